The molecule has 0 atom stereocenters. The number of alkyl halides is 1. The Morgan fingerprint density at radius 2 is 2.00 bits per heavy atom. The highest BCUT2D eigenvalue weighted by Crippen LogP contribution is 2.29. The third-order valence-electron chi connectivity index (χ3n) is 2.61. The van der Waals surface area contributed by atoms with Gasteiger partial charge in [-0.1, -0.05) is 55.6 Å². The first-order chi connectivity index (χ1) is 9.11. The van der Waals surface area contributed by atoms with Gasteiger partial charge in [0, 0.05) is 26.0 Å². The molecule has 0 bridgehead atoms. The Morgan fingerprint density at radius 3 is 2.68 bits per heavy atom. The molecule has 2 aromatic rings. The standard InChI is InChI=1S/C14H10Br2ClFO/c15-7-11-13(17)2-1-3-14(11)19-8-9-4-5-10(18)6-12(9)16/h1-6H,7-8H2. The van der Waals surface area contributed by atoms with E-state index in [1.807, 2.05) is 18.2 Å². The summed E-state index contributed by atoms with van der Waals surface area (Å²) in [6, 6.07) is 10.0. The monoisotopic (exact) mass is 406 g/mol. The fraction of sp³-hybridized carbons (Fsp3) is 0.143. The number of hydrogen-bond donors (Lipinski definition) is 0. The maximum absolute atomic E-state index is 13.0. The minimum absolute atomic E-state index is 0.278. The van der Waals surface area contributed by atoms with Crippen LogP contribution in [0.3, 0.4) is 0 Å². The van der Waals surface area contributed by atoms with Crippen LogP contribution in [0, 0.1) is 5.82 Å². The van der Waals surface area contributed by atoms with Gasteiger partial charge in [-0.15, -0.1) is 0 Å². The van der Waals surface area contributed by atoms with Crippen LogP contribution in [-0.2, 0) is 11.9 Å². The predicted molar refractivity (Wildman–Crippen MR) is 82.5 cm³/mol. The number of hydrogen-bond acceptors (Lipinski definition) is 1. The molecule has 1 nitrogen and oxygen atoms in total. The van der Waals surface area contributed by atoms with E-state index in [1.165, 1.54) is 12.1 Å². The molecule has 0 N–H and O–H groups in total. The molecule has 0 radical (unpaired) electrons. The zero-order chi connectivity index (χ0) is 13.8. The first kappa shape index (κ1) is 14.8. The Bertz CT molecular complexity index is 590. The van der Waals surface area contributed by atoms with Crippen LogP contribution in [0.15, 0.2) is 40.9 Å². The lowest BCUT2D eigenvalue weighted by molar-refractivity contribution is 0.303. The van der Waals surface area contributed by atoms with Crippen molar-refractivity contribution >= 4 is 43.5 Å². The van der Waals surface area contributed by atoms with Crippen molar-refractivity contribution in [1.82, 2.24) is 0 Å². The minimum atomic E-state index is -0.278. The Balaban J connectivity index is 2.17. The van der Waals surface area contributed by atoms with Crippen molar-refractivity contribution in [3.05, 3.63) is 62.8 Å². The minimum Gasteiger partial charge on any atom is -0.488 e. The molecule has 5 heteroatoms. The third kappa shape index (κ3) is 3.71. The molecule has 19 heavy (non-hydrogen) atoms. The highest BCUT2D eigenvalue weighted by Gasteiger charge is 2.08. The van der Waals surface area contributed by atoms with E-state index in [0.29, 0.717) is 21.4 Å². The summed E-state index contributed by atoms with van der Waals surface area (Å²) < 4.78 is 19.4. The van der Waals surface area contributed by atoms with Crippen LogP contribution in [0.4, 0.5) is 4.39 Å². The fourth-order valence-corrected chi connectivity index (χ4v) is 3.04. The van der Waals surface area contributed by atoms with E-state index in [0.717, 1.165) is 16.9 Å². The first-order valence-corrected chi connectivity index (χ1v) is 7.81. The van der Waals surface area contributed by atoms with Crippen LogP contribution >= 0.6 is 43.5 Å². The van der Waals surface area contributed by atoms with Gasteiger partial charge >= 0.3 is 0 Å². The molecule has 0 amide bonds. The molecular weight excluding hydrogens is 398 g/mol. The van der Waals surface area contributed by atoms with Crippen LogP contribution < -0.4 is 4.74 Å². The largest absolute Gasteiger partial charge is 0.488 e. The molecule has 0 saturated heterocycles. The van der Waals surface area contributed by atoms with Gasteiger partial charge in [-0.05, 0) is 24.3 Å². The molecule has 0 aliphatic carbocycles. The second-order valence-electron chi connectivity index (χ2n) is 3.87. The Hall–Kier alpha value is -0.580. The quantitative estimate of drug-likeness (QED) is 0.589. The van der Waals surface area contributed by atoms with Gasteiger partial charge in [0.25, 0.3) is 0 Å². The SMILES string of the molecule is Fc1ccc(COc2cccc(Cl)c2CBr)c(Br)c1. The topological polar surface area (TPSA) is 9.23 Å². The van der Waals surface area contributed by atoms with Crippen molar-refractivity contribution in [3.63, 3.8) is 0 Å². The number of benzene rings is 2. The molecule has 0 saturated carbocycles. The van der Waals surface area contributed by atoms with Crippen molar-refractivity contribution in [1.29, 1.82) is 0 Å². The lowest BCUT2D eigenvalue weighted by Gasteiger charge is -2.12. The van der Waals surface area contributed by atoms with E-state index < -0.39 is 0 Å². The Kier molecular flexibility index (Phi) is 5.25. The second-order valence-corrected chi connectivity index (χ2v) is 5.70. The van der Waals surface area contributed by atoms with Crippen molar-refractivity contribution < 1.29 is 9.13 Å². The summed E-state index contributed by atoms with van der Waals surface area (Å²) in [6.45, 7) is 0.348. The van der Waals surface area contributed by atoms with Gasteiger partial charge in [0.15, 0.2) is 0 Å². The Morgan fingerprint density at radius 1 is 1.21 bits per heavy atom. The van der Waals surface area contributed by atoms with E-state index in [-0.39, 0.29) is 5.82 Å². The van der Waals surface area contributed by atoms with Crippen molar-refractivity contribution in [2.75, 3.05) is 0 Å². The lowest BCUT2D eigenvalue weighted by Crippen LogP contribution is -1.99. The van der Waals surface area contributed by atoms with Gasteiger partial charge < -0.3 is 4.74 Å². The van der Waals surface area contributed by atoms with Gasteiger partial charge in [-0.3, -0.25) is 0 Å². The molecule has 0 aliphatic heterocycles. The molecular formula is C14H10Br2ClFO. The zero-order valence-electron chi connectivity index (χ0n) is 9.80. The molecule has 0 heterocycles. The third-order valence-corrected chi connectivity index (χ3v) is 4.26. The predicted octanol–water partition coefficient (Wildman–Crippen LogP) is 5.72. The van der Waals surface area contributed by atoms with Crippen molar-refractivity contribution in [3.8, 4) is 5.75 Å². The summed E-state index contributed by atoms with van der Waals surface area (Å²) in [4.78, 5) is 0. The first-order valence-electron chi connectivity index (χ1n) is 5.52. The van der Waals surface area contributed by atoms with E-state index in [4.69, 9.17) is 16.3 Å². The number of ether oxygens (including phenoxy) is 1. The maximum Gasteiger partial charge on any atom is 0.125 e. The summed E-state index contributed by atoms with van der Waals surface area (Å²) in [7, 11) is 0. The fourth-order valence-electron chi connectivity index (χ4n) is 1.60. The zero-order valence-corrected chi connectivity index (χ0v) is 13.7. The average Bonchev–Trinajstić information content (AvgIpc) is 2.38. The van der Waals surface area contributed by atoms with Crippen molar-refractivity contribution in [2.24, 2.45) is 0 Å². The van der Waals surface area contributed by atoms with Gasteiger partial charge in [0.1, 0.15) is 18.2 Å². The van der Waals surface area contributed by atoms with Gasteiger partial charge in [0.2, 0.25) is 0 Å². The molecule has 0 unspecified atom stereocenters. The Labute approximate surface area is 133 Å². The van der Waals surface area contributed by atoms with Gasteiger partial charge in [-0.2, -0.15) is 0 Å². The average molecular weight is 408 g/mol. The van der Waals surface area contributed by atoms with Gasteiger partial charge in [0.05, 0.1) is 0 Å². The van der Waals surface area contributed by atoms with Crippen molar-refractivity contribution in [2.45, 2.75) is 11.9 Å². The van der Waals surface area contributed by atoms with Crippen LogP contribution in [0.25, 0.3) is 0 Å². The van der Waals surface area contributed by atoms with Crippen LogP contribution in [0.2, 0.25) is 5.02 Å². The molecule has 0 aromatic heterocycles. The lowest BCUT2D eigenvalue weighted by atomic mass is 10.2. The summed E-state index contributed by atoms with van der Waals surface area (Å²) in [5.41, 5.74) is 1.78. The summed E-state index contributed by atoms with van der Waals surface area (Å²) in [5.74, 6) is 0.445. The molecule has 100 valence electrons. The normalized spacial score (nSPS) is 10.5. The van der Waals surface area contributed by atoms with Gasteiger partial charge in [-0.25, -0.2) is 4.39 Å². The summed E-state index contributed by atoms with van der Waals surface area (Å²) in [6.07, 6.45) is 0. The highest BCUT2D eigenvalue weighted by atomic mass is 79.9. The number of rotatable bonds is 4. The molecule has 0 fully saturated rings. The van der Waals surface area contributed by atoms with E-state index in [9.17, 15) is 4.39 Å². The second kappa shape index (κ2) is 6.73. The molecule has 0 aliphatic rings. The molecule has 0 spiro atoms. The smallest absolute Gasteiger partial charge is 0.125 e. The number of halogens is 4. The maximum atomic E-state index is 13.0. The van der Waals surface area contributed by atoms with E-state index in [2.05, 4.69) is 31.9 Å². The molecule has 2 rings (SSSR count). The molecule has 2 aromatic carbocycles. The van der Waals surface area contributed by atoms with Crippen LogP contribution in [0.5, 0.6) is 5.75 Å². The van der Waals surface area contributed by atoms with E-state index in [1.54, 1.807) is 6.07 Å². The van der Waals surface area contributed by atoms with Crippen LogP contribution in [0.1, 0.15) is 11.1 Å². The summed E-state index contributed by atoms with van der Waals surface area (Å²) in [5, 5.41) is 1.28. The van der Waals surface area contributed by atoms with Crippen LogP contribution in [-0.4, -0.2) is 0 Å². The highest BCUT2D eigenvalue weighted by molar-refractivity contribution is 9.10. The van der Waals surface area contributed by atoms with E-state index >= 15 is 0 Å². The summed E-state index contributed by atoms with van der Waals surface area (Å²) >= 11 is 12.8.